The molecule has 0 saturated carbocycles. The third-order valence-electron chi connectivity index (χ3n) is 4.23. The SMILES string of the molecule is O=C1CCC(=O)Nc2ccc(cc2)C[C@@H](C(=O)O)NC(=O)CNC(=O)CNC(=O)CN1. The van der Waals surface area contributed by atoms with Crippen molar-refractivity contribution >= 4 is 41.2 Å². The Kier molecular flexibility index (Phi) is 8.49. The number of rotatable bonds is 1. The van der Waals surface area contributed by atoms with Crippen LogP contribution >= 0.6 is 0 Å². The van der Waals surface area contributed by atoms with Crippen molar-refractivity contribution in [3.05, 3.63) is 29.8 Å². The Balaban J connectivity index is 2.10. The molecule has 1 aromatic rings. The van der Waals surface area contributed by atoms with Crippen molar-refractivity contribution in [2.75, 3.05) is 25.0 Å². The van der Waals surface area contributed by atoms with Crippen LogP contribution in [0.15, 0.2) is 24.3 Å². The van der Waals surface area contributed by atoms with Gasteiger partial charge in [-0.05, 0) is 17.7 Å². The first-order valence-electron chi connectivity index (χ1n) is 9.44. The normalized spacial score (nSPS) is 19.7. The van der Waals surface area contributed by atoms with E-state index in [-0.39, 0.29) is 25.8 Å². The number of carboxylic acids is 1. The minimum atomic E-state index is -1.25. The van der Waals surface area contributed by atoms with Crippen LogP contribution in [0.25, 0.3) is 0 Å². The van der Waals surface area contributed by atoms with Gasteiger partial charge in [-0.25, -0.2) is 4.79 Å². The van der Waals surface area contributed by atoms with Gasteiger partial charge in [0.2, 0.25) is 29.5 Å². The Morgan fingerprint density at radius 3 is 1.84 bits per heavy atom. The number of amides is 5. The van der Waals surface area contributed by atoms with Crippen LogP contribution in [0.1, 0.15) is 18.4 Å². The summed E-state index contributed by atoms with van der Waals surface area (Å²) in [5.74, 6) is -4.18. The largest absolute Gasteiger partial charge is 0.480 e. The molecule has 2 bridgehead atoms. The van der Waals surface area contributed by atoms with E-state index in [0.717, 1.165) is 0 Å². The second-order valence-corrected chi connectivity index (χ2v) is 6.74. The zero-order valence-electron chi connectivity index (χ0n) is 16.5. The van der Waals surface area contributed by atoms with Gasteiger partial charge in [0.05, 0.1) is 19.6 Å². The first-order valence-corrected chi connectivity index (χ1v) is 9.44. The van der Waals surface area contributed by atoms with Crippen LogP contribution in [-0.2, 0) is 35.2 Å². The fraction of sp³-hybridized carbons (Fsp3) is 0.368. The molecule has 3 rings (SSSR count). The zero-order chi connectivity index (χ0) is 22.8. The van der Waals surface area contributed by atoms with Gasteiger partial charge in [-0.15, -0.1) is 0 Å². The third-order valence-corrected chi connectivity index (χ3v) is 4.23. The monoisotopic (exact) mass is 433 g/mol. The number of hydrogen-bond acceptors (Lipinski definition) is 6. The predicted octanol–water partition coefficient (Wildman–Crippen LogP) is -2.12. The van der Waals surface area contributed by atoms with Crippen LogP contribution in [0, 0.1) is 0 Å². The summed E-state index contributed by atoms with van der Waals surface area (Å²) in [6, 6.07) is 5.12. The zero-order valence-corrected chi connectivity index (χ0v) is 16.5. The van der Waals surface area contributed by atoms with Crippen molar-refractivity contribution in [1.29, 1.82) is 0 Å². The Labute approximate surface area is 177 Å². The van der Waals surface area contributed by atoms with Crippen molar-refractivity contribution in [3.63, 3.8) is 0 Å². The molecule has 0 aromatic heterocycles. The Hall–Kier alpha value is -3.96. The number of anilines is 1. The molecule has 6 N–H and O–H groups in total. The highest BCUT2D eigenvalue weighted by molar-refractivity contribution is 5.94. The second kappa shape index (κ2) is 11.3. The van der Waals surface area contributed by atoms with E-state index in [1.807, 2.05) is 0 Å². The molecule has 0 spiro atoms. The Morgan fingerprint density at radius 2 is 1.26 bits per heavy atom. The summed E-state index contributed by atoms with van der Waals surface area (Å²) in [6.07, 6.45) is -0.254. The smallest absolute Gasteiger partial charge is 0.326 e. The minimum Gasteiger partial charge on any atom is -0.480 e. The van der Waals surface area contributed by atoms with E-state index in [0.29, 0.717) is 11.3 Å². The molecule has 1 aromatic carbocycles. The highest BCUT2D eigenvalue weighted by Gasteiger charge is 2.21. The van der Waals surface area contributed by atoms with Crippen LogP contribution in [0.2, 0.25) is 0 Å². The number of carbonyl (C=O) groups excluding carboxylic acids is 5. The van der Waals surface area contributed by atoms with E-state index in [4.69, 9.17) is 0 Å². The van der Waals surface area contributed by atoms with Gasteiger partial charge in [0.25, 0.3) is 0 Å². The molecular weight excluding hydrogens is 410 g/mol. The summed E-state index contributed by atoms with van der Waals surface area (Å²) in [7, 11) is 0. The van der Waals surface area contributed by atoms with Crippen LogP contribution < -0.4 is 26.6 Å². The molecule has 2 aliphatic heterocycles. The van der Waals surface area contributed by atoms with Crippen LogP contribution in [0.4, 0.5) is 5.69 Å². The molecule has 0 saturated heterocycles. The van der Waals surface area contributed by atoms with Gasteiger partial charge >= 0.3 is 5.97 Å². The molecule has 0 unspecified atom stereocenters. The lowest BCUT2D eigenvalue weighted by Crippen LogP contribution is -2.48. The molecule has 2 aliphatic rings. The molecule has 0 fully saturated rings. The fourth-order valence-corrected chi connectivity index (χ4v) is 2.61. The summed E-state index contributed by atoms with van der Waals surface area (Å²) in [6.45, 7) is -1.28. The van der Waals surface area contributed by atoms with Gasteiger partial charge in [-0.3, -0.25) is 24.0 Å². The molecule has 2 heterocycles. The number of carboxylic acid groups (broad SMARTS) is 1. The number of carbonyl (C=O) groups is 6. The van der Waals surface area contributed by atoms with Crippen molar-refractivity contribution in [2.45, 2.75) is 25.3 Å². The lowest BCUT2D eigenvalue weighted by Gasteiger charge is -2.15. The molecule has 5 amide bonds. The van der Waals surface area contributed by atoms with Gasteiger partial charge in [-0.1, -0.05) is 12.1 Å². The highest BCUT2D eigenvalue weighted by atomic mass is 16.4. The number of hydrogen-bond donors (Lipinski definition) is 6. The number of aliphatic carboxylic acids is 1. The maximum atomic E-state index is 12.0. The van der Waals surface area contributed by atoms with E-state index in [9.17, 15) is 33.9 Å². The molecule has 31 heavy (non-hydrogen) atoms. The van der Waals surface area contributed by atoms with Crippen molar-refractivity contribution < 1.29 is 33.9 Å². The van der Waals surface area contributed by atoms with E-state index in [1.165, 1.54) is 0 Å². The maximum Gasteiger partial charge on any atom is 0.326 e. The first kappa shape index (κ1) is 23.3. The summed E-state index contributed by atoms with van der Waals surface area (Å²) >= 11 is 0. The van der Waals surface area contributed by atoms with E-state index < -0.39 is 54.6 Å². The number of nitrogens with one attached hydrogen (secondary N) is 5. The van der Waals surface area contributed by atoms with Gasteiger partial charge in [-0.2, -0.15) is 0 Å². The van der Waals surface area contributed by atoms with Gasteiger partial charge in [0.15, 0.2) is 0 Å². The summed E-state index contributed by atoms with van der Waals surface area (Å²) in [4.78, 5) is 70.6. The predicted molar refractivity (Wildman–Crippen MR) is 107 cm³/mol. The third kappa shape index (κ3) is 8.51. The summed E-state index contributed by atoms with van der Waals surface area (Å²) < 4.78 is 0. The highest BCUT2D eigenvalue weighted by Crippen LogP contribution is 2.12. The lowest BCUT2D eigenvalue weighted by atomic mass is 10.1. The maximum absolute atomic E-state index is 12.0. The molecule has 166 valence electrons. The molecular formula is C19H23N5O7. The van der Waals surface area contributed by atoms with E-state index in [1.54, 1.807) is 24.3 Å². The first-order chi connectivity index (χ1) is 14.7. The standard InChI is InChI=1S/C19H23N5O7/c25-14-5-6-15(26)23-12-3-1-11(2-4-12)7-13(19(30)31)24-18(29)10-22-17(28)9-21-16(27)8-20-14/h1-4,13H,5-10H2,(H,20,25)(H,21,27)(H,22,28)(H,23,26)(H,24,29)(H,30,31)/t13-/m0/s1. The van der Waals surface area contributed by atoms with E-state index in [2.05, 4.69) is 26.6 Å². The topological polar surface area (TPSA) is 183 Å². The molecule has 12 heteroatoms. The molecule has 1 atom stereocenters. The van der Waals surface area contributed by atoms with Crippen molar-refractivity contribution in [2.24, 2.45) is 0 Å². The van der Waals surface area contributed by atoms with E-state index >= 15 is 0 Å². The van der Waals surface area contributed by atoms with Crippen LogP contribution in [-0.4, -0.2) is 66.3 Å². The average Bonchev–Trinajstić information content (AvgIpc) is 2.73. The Bertz CT molecular complexity index is 869. The molecule has 0 radical (unpaired) electrons. The van der Waals surface area contributed by atoms with Gasteiger partial charge < -0.3 is 31.7 Å². The quantitative estimate of drug-likeness (QED) is 0.274. The van der Waals surface area contributed by atoms with Crippen LogP contribution in [0.5, 0.6) is 0 Å². The number of benzene rings is 1. The van der Waals surface area contributed by atoms with Crippen molar-refractivity contribution in [3.8, 4) is 0 Å². The Morgan fingerprint density at radius 1 is 0.742 bits per heavy atom. The summed E-state index contributed by atoms with van der Waals surface area (Å²) in [5.41, 5.74) is 1.06. The van der Waals surface area contributed by atoms with Crippen molar-refractivity contribution in [1.82, 2.24) is 21.3 Å². The minimum absolute atomic E-state index is 0.0144. The fourth-order valence-electron chi connectivity index (χ4n) is 2.61. The molecule has 0 aliphatic carbocycles. The average molecular weight is 433 g/mol. The molecule has 12 nitrogen and oxygen atoms in total. The second-order valence-electron chi connectivity index (χ2n) is 6.74. The van der Waals surface area contributed by atoms with Crippen LogP contribution in [0.3, 0.4) is 0 Å². The number of fused-ring (bicyclic) bond motifs is 18. The van der Waals surface area contributed by atoms with Gasteiger partial charge in [0, 0.05) is 24.9 Å². The summed E-state index contributed by atoms with van der Waals surface area (Å²) in [5, 5.41) is 21.1. The lowest BCUT2D eigenvalue weighted by molar-refractivity contribution is -0.141. The van der Waals surface area contributed by atoms with Gasteiger partial charge in [0.1, 0.15) is 6.04 Å².